The van der Waals surface area contributed by atoms with Gasteiger partial charge in [-0.25, -0.2) is 13.2 Å². The van der Waals surface area contributed by atoms with Crippen molar-refractivity contribution < 1.29 is 18.0 Å². The van der Waals surface area contributed by atoms with Crippen LogP contribution in [0.5, 0.6) is 0 Å². The van der Waals surface area contributed by atoms with Crippen molar-refractivity contribution >= 4 is 11.6 Å². The minimum Gasteiger partial charge on any atom is -0.322 e. The lowest BCUT2D eigenvalue weighted by Crippen LogP contribution is -2.21. The van der Waals surface area contributed by atoms with Crippen molar-refractivity contribution in [1.82, 2.24) is 20.2 Å². The monoisotopic (exact) mass is 333 g/mol. The van der Waals surface area contributed by atoms with Gasteiger partial charge in [0.25, 0.3) is 0 Å². The first-order valence-electron chi connectivity index (χ1n) is 6.80. The highest BCUT2D eigenvalue weighted by Gasteiger charge is 2.13. The molecule has 0 spiro atoms. The summed E-state index contributed by atoms with van der Waals surface area (Å²) in [5.41, 5.74) is -0.0235. The minimum atomic E-state index is -0.901. The molecule has 1 aromatic heterocycles. The number of carbonyl (C=O) groups excluding carboxylic acids is 1. The Morgan fingerprint density at radius 3 is 2.62 bits per heavy atom. The summed E-state index contributed by atoms with van der Waals surface area (Å²) in [7, 11) is 0. The molecular formula is C15H10F3N5O. The van der Waals surface area contributed by atoms with Gasteiger partial charge < -0.3 is 5.32 Å². The van der Waals surface area contributed by atoms with E-state index in [1.165, 1.54) is 18.2 Å². The SMILES string of the molecule is O=C(Cn1nnc(-c2ccccc2F)n1)Nc1ccc(F)cc1F. The summed E-state index contributed by atoms with van der Waals surface area (Å²) in [6, 6.07) is 8.63. The second kappa shape index (κ2) is 6.49. The lowest BCUT2D eigenvalue weighted by Gasteiger charge is -2.05. The maximum Gasteiger partial charge on any atom is 0.248 e. The van der Waals surface area contributed by atoms with Gasteiger partial charge in [0.15, 0.2) is 0 Å². The number of benzene rings is 2. The highest BCUT2D eigenvalue weighted by Crippen LogP contribution is 2.17. The van der Waals surface area contributed by atoms with Crippen LogP contribution in [0.15, 0.2) is 42.5 Å². The van der Waals surface area contributed by atoms with Gasteiger partial charge in [0.2, 0.25) is 11.7 Å². The zero-order chi connectivity index (χ0) is 17.1. The summed E-state index contributed by atoms with van der Waals surface area (Å²) in [5, 5.41) is 13.5. The summed E-state index contributed by atoms with van der Waals surface area (Å²) >= 11 is 0. The van der Waals surface area contributed by atoms with Crippen LogP contribution in [0.4, 0.5) is 18.9 Å². The molecule has 1 heterocycles. The number of rotatable bonds is 4. The second-order valence-electron chi connectivity index (χ2n) is 4.80. The van der Waals surface area contributed by atoms with Crippen LogP contribution < -0.4 is 5.32 Å². The van der Waals surface area contributed by atoms with Gasteiger partial charge in [-0.05, 0) is 29.5 Å². The summed E-state index contributed by atoms with van der Waals surface area (Å²) in [6.45, 7) is -0.363. The maximum absolute atomic E-state index is 13.6. The first-order chi connectivity index (χ1) is 11.5. The van der Waals surface area contributed by atoms with Gasteiger partial charge >= 0.3 is 0 Å². The molecule has 122 valence electrons. The van der Waals surface area contributed by atoms with E-state index in [-0.39, 0.29) is 23.6 Å². The number of carbonyl (C=O) groups is 1. The van der Waals surface area contributed by atoms with Crippen LogP contribution in [0, 0.1) is 17.5 Å². The Morgan fingerprint density at radius 2 is 1.88 bits per heavy atom. The number of amides is 1. The topological polar surface area (TPSA) is 72.7 Å². The van der Waals surface area contributed by atoms with Crippen molar-refractivity contribution in [2.75, 3.05) is 5.32 Å². The van der Waals surface area contributed by atoms with Crippen LogP contribution >= 0.6 is 0 Å². The van der Waals surface area contributed by atoms with Crippen molar-refractivity contribution in [3.8, 4) is 11.4 Å². The zero-order valence-electron chi connectivity index (χ0n) is 12.1. The molecule has 0 aliphatic rings. The van der Waals surface area contributed by atoms with E-state index in [1.54, 1.807) is 6.07 Å². The molecule has 1 amide bonds. The van der Waals surface area contributed by atoms with E-state index in [2.05, 4.69) is 20.7 Å². The van der Waals surface area contributed by atoms with Crippen LogP contribution in [-0.2, 0) is 11.3 Å². The molecule has 6 nitrogen and oxygen atoms in total. The van der Waals surface area contributed by atoms with Gasteiger partial charge in [0.05, 0.1) is 11.3 Å². The molecule has 0 radical (unpaired) electrons. The molecule has 0 saturated heterocycles. The van der Waals surface area contributed by atoms with Gasteiger partial charge in [-0.1, -0.05) is 12.1 Å². The third-order valence-electron chi connectivity index (χ3n) is 3.06. The first kappa shape index (κ1) is 15.7. The number of aromatic nitrogens is 4. The van der Waals surface area contributed by atoms with Gasteiger partial charge in [-0.3, -0.25) is 4.79 Å². The fraction of sp³-hybridized carbons (Fsp3) is 0.0667. The molecule has 0 aliphatic carbocycles. The average Bonchev–Trinajstić information content (AvgIpc) is 2.99. The molecule has 0 aliphatic heterocycles. The Labute approximate surface area is 133 Å². The van der Waals surface area contributed by atoms with E-state index >= 15 is 0 Å². The largest absolute Gasteiger partial charge is 0.322 e. The molecule has 0 unspecified atom stereocenters. The van der Waals surface area contributed by atoms with Crippen LogP contribution in [0.3, 0.4) is 0 Å². The maximum atomic E-state index is 13.6. The molecule has 9 heteroatoms. The first-order valence-corrected chi connectivity index (χ1v) is 6.80. The Hall–Kier alpha value is -3.23. The Morgan fingerprint density at radius 1 is 1.08 bits per heavy atom. The molecule has 0 atom stereocenters. The quantitative estimate of drug-likeness (QED) is 0.796. The van der Waals surface area contributed by atoms with Crippen molar-refractivity contribution in [1.29, 1.82) is 0 Å². The summed E-state index contributed by atoms with van der Waals surface area (Å²) < 4.78 is 39.9. The highest BCUT2D eigenvalue weighted by molar-refractivity contribution is 5.90. The number of anilines is 1. The normalized spacial score (nSPS) is 10.6. The number of hydrogen-bond donors (Lipinski definition) is 1. The Balaban J connectivity index is 1.70. The smallest absolute Gasteiger partial charge is 0.248 e. The lowest BCUT2D eigenvalue weighted by atomic mass is 10.2. The number of nitrogens with zero attached hydrogens (tertiary/aromatic N) is 4. The number of tetrazole rings is 1. The van der Waals surface area contributed by atoms with E-state index in [9.17, 15) is 18.0 Å². The van der Waals surface area contributed by atoms with E-state index in [0.29, 0.717) is 6.07 Å². The van der Waals surface area contributed by atoms with Crippen LogP contribution in [0.25, 0.3) is 11.4 Å². The summed E-state index contributed by atoms with van der Waals surface area (Å²) in [5.74, 6) is -2.79. The fourth-order valence-electron chi connectivity index (χ4n) is 1.97. The fourth-order valence-corrected chi connectivity index (χ4v) is 1.97. The van der Waals surface area contributed by atoms with E-state index in [4.69, 9.17) is 0 Å². The number of hydrogen-bond acceptors (Lipinski definition) is 4. The zero-order valence-corrected chi connectivity index (χ0v) is 12.1. The Bertz CT molecular complexity index is 896. The van der Waals surface area contributed by atoms with Gasteiger partial charge in [0.1, 0.15) is 24.0 Å². The number of halogens is 3. The van der Waals surface area contributed by atoms with Crippen molar-refractivity contribution in [3.05, 3.63) is 59.9 Å². The predicted octanol–water partition coefficient (Wildman–Crippen LogP) is 2.40. The summed E-state index contributed by atoms with van der Waals surface area (Å²) in [6.07, 6.45) is 0. The van der Waals surface area contributed by atoms with E-state index in [0.717, 1.165) is 16.9 Å². The van der Waals surface area contributed by atoms with Crippen LogP contribution in [0.1, 0.15) is 0 Å². The minimum absolute atomic E-state index is 0.0221. The third-order valence-corrected chi connectivity index (χ3v) is 3.06. The molecule has 1 N–H and O–H groups in total. The number of nitrogens with one attached hydrogen (secondary N) is 1. The third kappa shape index (κ3) is 3.40. The molecule has 24 heavy (non-hydrogen) atoms. The summed E-state index contributed by atoms with van der Waals surface area (Å²) in [4.78, 5) is 12.8. The van der Waals surface area contributed by atoms with Gasteiger partial charge in [-0.2, -0.15) is 4.80 Å². The molecule has 3 rings (SSSR count). The molecule has 0 fully saturated rings. The van der Waals surface area contributed by atoms with Crippen molar-refractivity contribution in [2.45, 2.75) is 6.54 Å². The van der Waals surface area contributed by atoms with Crippen molar-refractivity contribution in [3.63, 3.8) is 0 Å². The van der Waals surface area contributed by atoms with Gasteiger partial charge in [0, 0.05) is 6.07 Å². The van der Waals surface area contributed by atoms with Crippen LogP contribution in [0.2, 0.25) is 0 Å². The van der Waals surface area contributed by atoms with Crippen LogP contribution in [-0.4, -0.2) is 26.1 Å². The Kier molecular flexibility index (Phi) is 4.23. The molecular weight excluding hydrogens is 323 g/mol. The standard InChI is InChI=1S/C15H10F3N5O/c16-9-5-6-13(12(18)7-9)19-14(24)8-23-21-15(20-22-23)10-3-1-2-4-11(10)17/h1-7H,8H2,(H,19,24). The van der Waals surface area contributed by atoms with Gasteiger partial charge in [-0.15, -0.1) is 10.2 Å². The average molecular weight is 333 g/mol. The highest BCUT2D eigenvalue weighted by atomic mass is 19.1. The molecule has 2 aromatic carbocycles. The predicted molar refractivity (Wildman–Crippen MR) is 78.2 cm³/mol. The molecule has 3 aromatic rings. The van der Waals surface area contributed by atoms with E-state index < -0.39 is 23.4 Å². The van der Waals surface area contributed by atoms with Crippen molar-refractivity contribution in [2.24, 2.45) is 0 Å². The molecule has 0 saturated carbocycles. The molecule has 0 bridgehead atoms. The van der Waals surface area contributed by atoms with E-state index in [1.807, 2.05) is 0 Å². The second-order valence-corrected chi connectivity index (χ2v) is 4.80. The lowest BCUT2D eigenvalue weighted by molar-refractivity contribution is -0.117.